The van der Waals surface area contributed by atoms with Crippen LogP contribution >= 0.6 is 0 Å². The van der Waals surface area contributed by atoms with E-state index in [4.69, 9.17) is 9.47 Å². The van der Waals surface area contributed by atoms with E-state index in [0.29, 0.717) is 16.6 Å². The van der Waals surface area contributed by atoms with Crippen molar-refractivity contribution in [2.24, 2.45) is 0 Å². The van der Waals surface area contributed by atoms with Crippen LogP contribution in [0.2, 0.25) is 0 Å². The lowest BCUT2D eigenvalue weighted by molar-refractivity contribution is -0.155. The fraction of sp³-hybridized carbons (Fsp3) is 0.300. The Morgan fingerprint density at radius 1 is 1.05 bits per heavy atom. The van der Waals surface area contributed by atoms with Crippen LogP contribution in [0.4, 0.5) is 4.79 Å². The maximum Gasteiger partial charge on any atom is 0.407 e. The van der Waals surface area contributed by atoms with Gasteiger partial charge in [-0.2, -0.15) is 0 Å². The zero-order valence-electron chi connectivity index (χ0n) is 22.5. The highest BCUT2D eigenvalue weighted by Crippen LogP contribution is 2.44. The number of nitrogens with zero attached hydrogens (tertiary/aromatic N) is 3. The third kappa shape index (κ3) is 5.66. The van der Waals surface area contributed by atoms with Gasteiger partial charge in [0, 0.05) is 30.1 Å². The molecule has 0 saturated heterocycles. The monoisotopic (exact) mass is 542 g/mol. The number of amides is 1. The summed E-state index contributed by atoms with van der Waals surface area (Å²) >= 11 is 0. The summed E-state index contributed by atoms with van der Waals surface area (Å²) in [5.74, 6) is -1.83. The second kappa shape index (κ2) is 10.8. The number of aliphatic carboxylic acids is 1. The minimum absolute atomic E-state index is 0.0647. The lowest BCUT2D eigenvalue weighted by Crippen LogP contribution is -2.42. The molecular weight excluding hydrogens is 512 g/mol. The first kappa shape index (κ1) is 26.9. The van der Waals surface area contributed by atoms with E-state index in [0.717, 1.165) is 22.3 Å². The lowest BCUT2D eigenvalue weighted by Gasteiger charge is -2.19. The van der Waals surface area contributed by atoms with Crippen LogP contribution in [0.3, 0.4) is 0 Å². The number of carbonyl (C=O) groups is 3. The number of ether oxygens (including phenoxy) is 2. The van der Waals surface area contributed by atoms with Gasteiger partial charge in [-0.1, -0.05) is 48.5 Å². The van der Waals surface area contributed by atoms with Crippen LogP contribution in [0.5, 0.6) is 0 Å². The number of hydrogen-bond donors (Lipinski definition) is 2. The molecule has 0 spiro atoms. The standard InChI is InChI=1S/C30H30N4O6/c1-30(2,3)40-26(35)15-34-14-18(23-13-31-17-32-27(23)34)12-25(28(36)37)33-29(38)39-16-24-21-10-6-4-8-19(21)20-9-5-7-11-22(20)24/h4-11,13-14,17,24-25H,12,15-16H2,1-3H3,(H,33,38)(H,36,37). The summed E-state index contributed by atoms with van der Waals surface area (Å²) in [5.41, 5.74) is 4.68. The van der Waals surface area contributed by atoms with Crippen LogP contribution in [0, 0.1) is 0 Å². The van der Waals surface area contributed by atoms with Gasteiger partial charge in [-0.25, -0.2) is 19.6 Å². The zero-order chi connectivity index (χ0) is 28.4. The van der Waals surface area contributed by atoms with Crippen molar-refractivity contribution in [2.45, 2.75) is 51.3 Å². The van der Waals surface area contributed by atoms with Gasteiger partial charge in [-0.15, -0.1) is 0 Å². The molecule has 1 aliphatic carbocycles. The topological polar surface area (TPSA) is 133 Å². The van der Waals surface area contributed by atoms with E-state index >= 15 is 0 Å². The molecule has 5 rings (SSSR count). The minimum atomic E-state index is -1.28. The molecular formula is C30H30N4O6. The number of carboxylic acid groups (broad SMARTS) is 1. The quantitative estimate of drug-likeness (QED) is 0.315. The molecule has 1 atom stereocenters. The summed E-state index contributed by atoms with van der Waals surface area (Å²) in [7, 11) is 0. The van der Waals surface area contributed by atoms with Crippen LogP contribution in [0.25, 0.3) is 22.2 Å². The Bertz CT molecular complexity index is 1540. The van der Waals surface area contributed by atoms with Crippen LogP contribution in [-0.4, -0.2) is 55.9 Å². The number of nitrogens with one attached hydrogen (secondary N) is 1. The molecule has 2 aromatic carbocycles. The van der Waals surface area contributed by atoms with Gasteiger partial charge in [0.1, 0.15) is 36.8 Å². The van der Waals surface area contributed by atoms with Gasteiger partial charge < -0.3 is 24.5 Å². The number of carboxylic acids is 1. The predicted octanol–water partition coefficient (Wildman–Crippen LogP) is 4.31. The second-order valence-corrected chi connectivity index (χ2v) is 10.7. The molecule has 2 heterocycles. The summed E-state index contributed by atoms with van der Waals surface area (Å²) < 4.78 is 12.5. The molecule has 40 heavy (non-hydrogen) atoms. The van der Waals surface area contributed by atoms with E-state index in [1.807, 2.05) is 48.5 Å². The summed E-state index contributed by atoms with van der Waals surface area (Å²) in [5, 5.41) is 12.9. The number of alkyl carbamates (subject to hydrolysis) is 1. The van der Waals surface area contributed by atoms with Gasteiger partial charge in [-0.05, 0) is 48.6 Å². The van der Waals surface area contributed by atoms with Crippen molar-refractivity contribution in [3.63, 3.8) is 0 Å². The van der Waals surface area contributed by atoms with E-state index in [9.17, 15) is 19.5 Å². The smallest absolute Gasteiger partial charge is 0.407 e. The molecule has 206 valence electrons. The maximum atomic E-state index is 12.8. The SMILES string of the molecule is CC(C)(C)OC(=O)Cn1cc(CC(NC(=O)OCC2c3ccccc3-c3ccccc32)C(=O)O)c2cncnc21. The van der Waals surface area contributed by atoms with Gasteiger partial charge in [0.2, 0.25) is 0 Å². The van der Waals surface area contributed by atoms with E-state index in [-0.39, 0.29) is 25.5 Å². The fourth-order valence-electron chi connectivity index (χ4n) is 5.10. The molecule has 0 bridgehead atoms. The summed E-state index contributed by atoms with van der Waals surface area (Å²) in [6, 6.07) is 14.7. The Labute approximate surface area is 231 Å². The third-order valence-electron chi connectivity index (χ3n) is 6.70. The number of esters is 1. The van der Waals surface area contributed by atoms with Crippen molar-refractivity contribution >= 4 is 29.1 Å². The average molecular weight is 543 g/mol. The number of fused-ring (bicyclic) bond motifs is 4. The van der Waals surface area contributed by atoms with E-state index in [2.05, 4.69) is 15.3 Å². The number of carbonyl (C=O) groups excluding carboxylic acids is 2. The third-order valence-corrected chi connectivity index (χ3v) is 6.70. The fourth-order valence-corrected chi connectivity index (χ4v) is 5.10. The number of rotatable bonds is 8. The Morgan fingerprint density at radius 3 is 2.33 bits per heavy atom. The number of hydrogen-bond acceptors (Lipinski definition) is 7. The van der Waals surface area contributed by atoms with Crippen LogP contribution in [0.15, 0.2) is 67.3 Å². The van der Waals surface area contributed by atoms with Crippen LogP contribution in [-0.2, 0) is 32.0 Å². The van der Waals surface area contributed by atoms with Gasteiger partial charge in [0.05, 0.1) is 0 Å². The van der Waals surface area contributed by atoms with Gasteiger partial charge in [-0.3, -0.25) is 4.79 Å². The molecule has 1 amide bonds. The predicted molar refractivity (Wildman–Crippen MR) is 147 cm³/mol. The van der Waals surface area contributed by atoms with Crippen molar-refractivity contribution in [2.75, 3.05) is 6.61 Å². The summed E-state index contributed by atoms with van der Waals surface area (Å²) in [4.78, 5) is 45.7. The van der Waals surface area contributed by atoms with Gasteiger partial charge in [0.25, 0.3) is 0 Å². The van der Waals surface area contributed by atoms with Crippen molar-refractivity contribution in [3.05, 3.63) is 83.9 Å². The number of benzene rings is 2. The van der Waals surface area contributed by atoms with Crippen LogP contribution in [0.1, 0.15) is 43.4 Å². The minimum Gasteiger partial charge on any atom is -0.480 e. The van der Waals surface area contributed by atoms with E-state index < -0.39 is 29.7 Å². The lowest BCUT2D eigenvalue weighted by atomic mass is 9.98. The first-order chi connectivity index (χ1) is 19.1. The average Bonchev–Trinajstić information content (AvgIpc) is 3.41. The van der Waals surface area contributed by atoms with Crippen LogP contribution < -0.4 is 5.32 Å². The van der Waals surface area contributed by atoms with Crippen molar-refractivity contribution < 1.29 is 29.0 Å². The zero-order valence-corrected chi connectivity index (χ0v) is 22.5. The molecule has 0 aliphatic heterocycles. The second-order valence-electron chi connectivity index (χ2n) is 10.7. The molecule has 10 nitrogen and oxygen atoms in total. The molecule has 1 aliphatic rings. The molecule has 4 aromatic rings. The van der Waals surface area contributed by atoms with Gasteiger partial charge >= 0.3 is 18.0 Å². The van der Waals surface area contributed by atoms with E-state index in [1.54, 1.807) is 37.7 Å². The molecule has 2 aromatic heterocycles. The maximum absolute atomic E-state index is 12.8. The number of aromatic nitrogens is 3. The highest BCUT2D eigenvalue weighted by molar-refractivity contribution is 5.85. The Kier molecular flexibility index (Phi) is 7.25. The highest BCUT2D eigenvalue weighted by Gasteiger charge is 2.30. The Morgan fingerprint density at radius 2 is 1.70 bits per heavy atom. The molecule has 10 heteroatoms. The van der Waals surface area contributed by atoms with E-state index in [1.165, 1.54) is 6.33 Å². The molecule has 0 saturated carbocycles. The van der Waals surface area contributed by atoms with Crippen molar-refractivity contribution in [1.82, 2.24) is 19.9 Å². The Balaban J connectivity index is 1.29. The normalized spacial score (nSPS) is 13.4. The first-order valence-corrected chi connectivity index (χ1v) is 12.9. The van der Waals surface area contributed by atoms with Gasteiger partial charge in [0.15, 0.2) is 0 Å². The Hall–Kier alpha value is -4.73. The molecule has 0 fully saturated rings. The summed E-state index contributed by atoms with van der Waals surface area (Å²) in [6.07, 6.45) is 3.64. The first-order valence-electron chi connectivity index (χ1n) is 12.9. The molecule has 1 unspecified atom stereocenters. The molecule has 0 radical (unpaired) electrons. The highest BCUT2D eigenvalue weighted by atomic mass is 16.6. The molecule has 2 N–H and O–H groups in total. The largest absolute Gasteiger partial charge is 0.480 e. The summed E-state index contributed by atoms with van der Waals surface area (Å²) in [6.45, 7) is 5.29. The van der Waals surface area contributed by atoms with Crippen molar-refractivity contribution in [3.8, 4) is 11.1 Å². The van der Waals surface area contributed by atoms with Crippen molar-refractivity contribution in [1.29, 1.82) is 0 Å².